The van der Waals surface area contributed by atoms with E-state index in [-0.39, 0.29) is 23.0 Å². The van der Waals surface area contributed by atoms with Crippen LogP contribution in [0.2, 0.25) is 5.02 Å². The van der Waals surface area contributed by atoms with Crippen molar-refractivity contribution in [3.63, 3.8) is 0 Å². The average Bonchev–Trinajstić information content (AvgIpc) is 2.81. The zero-order chi connectivity index (χ0) is 25.4. The Morgan fingerprint density at radius 2 is 1.86 bits per heavy atom. The van der Waals surface area contributed by atoms with Gasteiger partial charge in [-0.2, -0.15) is 0 Å². The summed E-state index contributed by atoms with van der Waals surface area (Å²) in [5.74, 6) is 0.667. The van der Waals surface area contributed by atoms with E-state index in [2.05, 4.69) is 45.7 Å². The van der Waals surface area contributed by atoms with Gasteiger partial charge in [0, 0.05) is 17.3 Å². The predicted molar refractivity (Wildman–Crippen MR) is 149 cm³/mol. The number of carbonyl (C=O) groups is 2. The van der Waals surface area contributed by atoms with E-state index >= 15 is 0 Å². The molecule has 2 amide bonds. The molecule has 0 bridgehead atoms. The molecule has 0 saturated heterocycles. The summed E-state index contributed by atoms with van der Waals surface area (Å²) in [6.45, 7) is 4.89. The lowest BCUT2D eigenvalue weighted by Gasteiger charge is -2.23. The van der Waals surface area contributed by atoms with Crippen LogP contribution in [0.5, 0.6) is 5.75 Å². The topological polar surface area (TPSA) is 79.5 Å². The van der Waals surface area contributed by atoms with Crippen LogP contribution in [-0.4, -0.2) is 29.6 Å². The van der Waals surface area contributed by atoms with Gasteiger partial charge in [0.15, 0.2) is 5.11 Å². The van der Waals surface area contributed by atoms with Crippen molar-refractivity contribution in [2.45, 2.75) is 58.4 Å². The lowest BCUT2D eigenvalue weighted by molar-refractivity contribution is 0.0926. The van der Waals surface area contributed by atoms with Crippen LogP contribution < -0.4 is 20.7 Å². The highest BCUT2D eigenvalue weighted by Crippen LogP contribution is 2.27. The van der Waals surface area contributed by atoms with E-state index in [0.717, 1.165) is 32.1 Å². The van der Waals surface area contributed by atoms with E-state index in [0.29, 0.717) is 44.6 Å². The molecule has 0 aromatic heterocycles. The Bertz CT molecular complexity index is 1070. The first-order valence-corrected chi connectivity index (χ1v) is 13.5. The van der Waals surface area contributed by atoms with E-state index in [1.807, 2.05) is 0 Å². The number of benzene rings is 2. The molecule has 0 aliphatic heterocycles. The predicted octanol–water partition coefficient (Wildman–Crippen LogP) is 6.72. The second-order valence-corrected chi connectivity index (χ2v) is 10.8. The van der Waals surface area contributed by atoms with Crippen LogP contribution in [0.25, 0.3) is 0 Å². The highest BCUT2D eigenvalue weighted by molar-refractivity contribution is 9.10. The summed E-state index contributed by atoms with van der Waals surface area (Å²) in [7, 11) is 0. The van der Waals surface area contributed by atoms with E-state index in [1.54, 1.807) is 36.4 Å². The second kappa shape index (κ2) is 13.2. The van der Waals surface area contributed by atoms with Crippen molar-refractivity contribution >= 4 is 62.4 Å². The van der Waals surface area contributed by atoms with Crippen molar-refractivity contribution < 1.29 is 14.3 Å². The van der Waals surface area contributed by atoms with Crippen LogP contribution in [0.1, 0.15) is 73.1 Å². The zero-order valence-electron chi connectivity index (χ0n) is 20.0. The van der Waals surface area contributed by atoms with Gasteiger partial charge in [-0.05, 0) is 89.7 Å². The molecule has 188 valence electrons. The Kier molecular flexibility index (Phi) is 10.4. The maximum absolute atomic E-state index is 12.8. The molecule has 0 unspecified atom stereocenters. The first kappa shape index (κ1) is 27.4. The van der Waals surface area contributed by atoms with Gasteiger partial charge in [0.2, 0.25) is 0 Å². The zero-order valence-corrected chi connectivity index (χ0v) is 23.1. The van der Waals surface area contributed by atoms with E-state index < -0.39 is 0 Å². The van der Waals surface area contributed by atoms with Crippen LogP contribution in [0, 0.1) is 5.92 Å². The summed E-state index contributed by atoms with van der Waals surface area (Å²) in [6, 6.07) is 10.3. The number of hydrogen-bond donors (Lipinski definition) is 3. The van der Waals surface area contributed by atoms with Gasteiger partial charge in [0.25, 0.3) is 11.8 Å². The maximum Gasteiger partial charge on any atom is 0.257 e. The van der Waals surface area contributed by atoms with Gasteiger partial charge in [0.05, 0.1) is 21.7 Å². The second-order valence-electron chi connectivity index (χ2n) is 9.09. The normalized spacial score (nSPS) is 13.9. The van der Waals surface area contributed by atoms with Crippen LogP contribution in [-0.2, 0) is 0 Å². The van der Waals surface area contributed by atoms with Crippen LogP contribution in [0.4, 0.5) is 5.69 Å². The third-order valence-corrected chi connectivity index (χ3v) is 6.94. The Balaban J connectivity index is 1.57. The summed E-state index contributed by atoms with van der Waals surface area (Å²) >= 11 is 15.1. The molecule has 0 heterocycles. The number of anilines is 1. The Morgan fingerprint density at radius 3 is 2.54 bits per heavy atom. The van der Waals surface area contributed by atoms with E-state index in [1.165, 1.54) is 6.42 Å². The molecular weight excluding hydrogens is 550 g/mol. The fourth-order valence-corrected chi connectivity index (χ4v) is 4.70. The van der Waals surface area contributed by atoms with Gasteiger partial charge in [-0.1, -0.05) is 44.7 Å². The summed E-state index contributed by atoms with van der Waals surface area (Å²) in [4.78, 5) is 25.4. The summed E-state index contributed by atoms with van der Waals surface area (Å²) in [5.41, 5.74) is 1.36. The number of thiocarbonyl (C=S) groups is 1. The molecule has 1 aliphatic carbocycles. The van der Waals surface area contributed by atoms with Crippen molar-refractivity contribution in [1.82, 2.24) is 10.6 Å². The van der Waals surface area contributed by atoms with E-state index in [9.17, 15) is 9.59 Å². The van der Waals surface area contributed by atoms with Gasteiger partial charge in [-0.15, -0.1) is 0 Å². The molecule has 1 aliphatic rings. The lowest BCUT2D eigenvalue weighted by Crippen LogP contribution is -2.36. The SMILES string of the molecule is CC(C)CCOc1ccc(C(=O)NC(=S)Nc2ccc(Cl)c(C(=O)NC3CCCCC3)c2)cc1Br. The highest BCUT2D eigenvalue weighted by atomic mass is 79.9. The van der Waals surface area contributed by atoms with Crippen molar-refractivity contribution in [3.8, 4) is 5.75 Å². The van der Waals surface area contributed by atoms with E-state index in [4.69, 9.17) is 28.6 Å². The lowest BCUT2D eigenvalue weighted by atomic mass is 9.95. The molecule has 0 spiro atoms. The summed E-state index contributed by atoms with van der Waals surface area (Å²) < 4.78 is 6.46. The van der Waals surface area contributed by atoms with Crippen molar-refractivity contribution in [2.75, 3.05) is 11.9 Å². The molecule has 0 atom stereocenters. The molecule has 2 aromatic rings. The molecule has 3 rings (SSSR count). The molecule has 2 aromatic carbocycles. The molecule has 3 N–H and O–H groups in total. The fourth-order valence-electron chi connectivity index (χ4n) is 3.79. The number of rotatable bonds is 8. The van der Waals surface area contributed by atoms with Crippen molar-refractivity contribution in [2.24, 2.45) is 5.92 Å². The van der Waals surface area contributed by atoms with Gasteiger partial charge < -0.3 is 15.4 Å². The number of ether oxygens (including phenoxy) is 1. The molecule has 0 radical (unpaired) electrons. The first-order valence-electron chi connectivity index (χ1n) is 11.9. The number of amides is 2. The van der Waals surface area contributed by atoms with Crippen molar-refractivity contribution in [3.05, 3.63) is 57.0 Å². The summed E-state index contributed by atoms with van der Waals surface area (Å²) in [6.07, 6.45) is 6.38. The summed E-state index contributed by atoms with van der Waals surface area (Å²) in [5, 5.41) is 9.17. The Labute approximate surface area is 225 Å². The quantitative estimate of drug-likeness (QED) is 0.302. The van der Waals surface area contributed by atoms with Gasteiger partial charge >= 0.3 is 0 Å². The minimum Gasteiger partial charge on any atom is -0.492 e. The molecule has 1 saturated carbocycles. The Morgan fingerprint density at radius 1 is 1.11 bits per heavy atom. The maximum atomic E-state index is 12.8. The molecule has 1 fully saturated rings. The van der Waals surface area contributed by atoms with Crippen LogP contribution in [0.3, 0.4) is 0 Å². The Hall–Kier alpha value is -2.16. The standard InChI is InChI=1S/C26H31BrClN3O3S/c1-16(2)12-13-34-23-11-8-17(14-21(23)27)24(32)31-26(35)30-19-9-10-22(28)20(15-19)25(33)29-18-6-4-3-5-7-18/h8-11,14-16,18H,3-7,12-13H2,1-2H3,(H,29,33)(H2,30,31,32,35). The molecule has 6 nitrogen and oxygen atoms in total. The van der Waals surface area contributed by atoms with Gasteiger partial charge in [-0.3, -0.25) is 14.9 Å². The number of halogens is 2. The third kappa shape index (κ3) is 8.47. The monoisotopic (exact) mass is 579 g/mol. The first-order chi connectivity index (χ1) is 16.7. The van der Waals surface area contributed by atoms with Gasteiger partial charge in [0.1, 0.15) is 5.75 Å². The molecule has 35 heavy (non-hydrogen) atoms. The minimum atomic E-state index is -0.360. The van der Waals surface area contributed by atoms with Crippen LogP contribution in [0.15, 0.2) is 40.9 Å². The number of carbonyl (C=O) groups excluding carboxylic acids is 2. The largest absolute Gasteiger partial charge is 0.492 e. The third-order valence-electron chi connectivity index (χ3n) is 5.78. The van der Waals surface area contributed by atoms with Crippen LogP contribution >= 0.6 is 39.7 Å². The highest BCUT2D eigenvalue weighted by Gasteiger charge is 2.19. The molecular formula is C26H31BrClN3O3S. The number of nitrogens with one attached hydrogen (secondary N) is 3. The average molecular weight is 581 g/mol. The fraction of sp³-hybridized carbons (Fsp3) is 0.423. The van der Waals surface area contributed by atoms with Gasteiger partial charge in [-0.25, -0.2) is 0 Å². The smallest absolute Gasteiger partial charge is 0.257 e. The van der Waals surface area contributed by atoms with Crippen molar-refractivity contribution in [1.29, 1.82) is 0 Å². The minimum absolute atomic E-state index is 0.115. The molecule has 9 heteroatoms. The number of hydrogen-bond acceptors (Lipinski definition) is 4.